The van der Waals surface area contributed by atoms with Gasteiger partial charge in [-0.05, 0) is 13.0 Å². The van der Waals surface area contributed by atoms with Crippen molar-refractivity contribution in [1.82, 2.24) is 25.1 Å². The second-order valence-electron chi connectivity index (χ2n) is 4.97. The first-order valence-corrected chi connectivity index (χ1v) is 6.76. The van der Waals surface area contributed by atoms with Gasteiger partial charge in [0.15, 0.2) is 0 Å². The highest BCUT2D eigenvalue weighted by molar-refractivity contribution is 5.75. The molecule has 2 aromatic rings. The molecule has 0 aromatic carbocycles. The van der Waals surface area contributed by atoms with Crippen LogP contribution in [0.1, 0.15) is 11.5 Å². The van der Waals surface area contributed by atoms with E-state index in [1.165, 1.54) is 18.3 Å². The van der Waals surface area contributed by atoms with E-state index in [1.807, 2.05) is 32.0 Å². The highest BCUT2D eigenvalue weighted by atomic mass is 16.2. The second kappa shape index (κ2) is 6.79. The first kappa shape index (κ1) is 15.6. The molecular weight excluding hydrogens is 284 g/mol. The molecule has 2 rings (SSSR count). The van der Waals surface area contributed by atoms with E-state index in [1.54, 1.807) is 0 Å². The number of carbonyl (C=O) groups excluding carboxylic acids is 1. The van der Waals surface area contributed by atoms with Crippen molar-refractivity contribution >= 4 is 11.7 Å². The molecular formula is C14H18N6O2. The van der Waals surface area contributed by atoms with Crippen molar-refractivity contribution in [2.75, 3.05) is 19.0 Å². The van der Waals surface area contributed by atoms with Gasteiger partial charge in [-0.15, -0.1) is 0 Å². The second-order valence-corrected chi connectivity index (χ2v) is 4.97. The van der Waals surface area contributed by atoms with Crippen LogP contribution in [0.5, 0.6) is 0 Å². The Kier molecular flexibility index (Phi) is 4.82. The van der Waals surface area contributed by atoms with Crippen molar-refractivity contribution in [3.05, 3.63) is 46.3 Å². The fourth-order valence-electron chi connectivity index (χ4n) is 1.80. The van der Waals surface area contributed by atoms with Gasteiger partial charge in [-0.3, -0.25) is 9.59 Å². The Morgan fingerprint density at radius 2 is 2.14 bits per heavy atom. The van der Waals surface area contributed by atoms with Crippen LogP contribution in [0.15, 0.2) is 29.2 Å². The average molecular weight is 302 g/mol. The third-order valence-corrected chi connectivity index (χ3v) is 2.87. The molecule has 22 heavy (non-hydrogen) atoms. The largest absolute Gasteiger partial charge is 0.363 e. The molecule has 0 aliphatic rings. The number of anilines is 1. The highest BCUT2D eigenvalue weighted by Crippen LogP contribution is 2.08. The summed E-state index contributed by atoms with van der Waals surface area (Å²) in [7, 11) is 3.77. The Balaban J connectivity index is 1.99. The van der Waals surface area contributed by atoms with Crippen molar-refractivity contribution < 1.29 is 4.79 Å². The molecule has 2 aromatic heterocycles. The summed E-state index contributed by atoms with van der Waals surface area (Å²) < 4.78 is 1.09. The fourth-order valence-corrected chi connectivity index (χ4v) is 1.80. The number of carbonyl (C=O) groups is 1. The van der Waals surface area contributed by atoms with Crippen LogP contribution >= 0.6 is 0 Å². The van der Waals surface area contributed by atoms with E-state index in [-0.39, 0.29) is 24.6 Å². The van der Waals surface area contributed by atoms with Gasteiger partial charge < -0.3 is 10.2 Å². The molecule has 0 bridgehead atoms. The summed E-state index contributed by atoms with van der Waals surface area (Å²) in [6.07, 6.45) is 1.46. The third kappa shape index (κ3) is 4.11. The minimum Gasteiger partial charge on any atom is -0.363 e. The van der Waals surface area contributed by atoms with Crippen molar-refractivity contribution in [3.8, 4) is 0 Å². The molecule has 0 aliphatic heterocycles. The maximum absolute atomic E-state index is 11.9. The summed E-state index contributed by atoms with van der Waals surface area (Å²) >= 11 is 0. The molecule has 1 amide bonds. The van der Waals surface area contributed by atoms with Gasteiger partial charge in [0.2, 0.25) is 5.91 Å². The van der Waals surface area contributed by atoms with Crippen LogP contribution in [0.25, 0.3) is 0 Å². The van der Waals surface area contributed by atoms with E-state index in [4.69, 9.17) is 0 Å². The fraction of sp³-hybridized carbons (Fsp3) is 0.357. The standard InChI is InChI=1S/C14H18N6O2/c1-10-7-12(19(2)3)18-11(17-10)8-15-13(21)9-20-14(22)5-4-6-16-20/h4-7H,8-9H2,1-3H3,(H,15,21). The van der Waals surface area contributed by atoms with Gasteiger partial charge >= 0.3 is 0 Å². The molecule has 0 radical (unpaired) electrons. The Morgan fingerprint density at radius 3 is 2.82 bits per heavy atom. The van der Waals surface area contributed by atoms with Gasteiger partial charge in [0.25, 0.3) is 5.56 Å². The van der Waals surface area contributed by atoms with Gasteiger partial charge in [0, 0.05) is 38.1 Å². The molecule has 0 fully saturated rings. The molecule has 0 atom stereocenters. The van der Waals surface area contributed by atoms with Gasteiger partial charge in [-0.25, -0.2) is 14.6 Å². The minimum absolute atomic E-state index is 0.133. The monoisotopic (exact) mass is 302 g/mol. The number of aryl methyl sites for hydroxylation is 1. The van der Waals surface area contributed by atoms with Crippen LogP contribution in [-0.2, 0) is 17.9 Å². The molecule has 8 heteroatoms. The number of nitrogens with one attached hydrogen (secondary N) is 1. The van der Waals surface area contributed by atoms with Gasteiger partial charge in [0.1, 0.15) is 18.2 Å². The normalized spacial score (nSPS) is 10.3. The number of nitrogens with zero attached hydrogens (tertiary/aromatic N) is 5. The summed E-state index contributed by atoms with van der Waals surface area (Å²) in [5.74, 6) is 0.973. The molecule has 0 unspecified atom stereocenters. The summed E-state index contributed by atoms with van der Waals surface area (Å²) in [4.78, 5) is 33.8. The molecule has 2 heterocycles. The zero-order valence-corrected chi connectivity index (χ0v) is 12.8. The van der Waals surface area contributed by atoms with Gasteiger partial charge in [-0.1, -0.05) is 0 Å². The lowest BCUT2D eigenvalue weighted by Crippen LogP contribution is -2.33. The summed E-state index contributed by atoms with van der Waals surface area (Å²) in [6.45, 7) is 1.93. The smallest absolute Gasteiger partial charge is 0.267 e. The Labute approximate surface area is 127 Å². The number of hydrogen-bond donors (Lipinski definition) is 1. The lowest BCUT2D eigenvalue weighted by atomic mass is 10.4. The predicted molar refractivity (Wildman–Crippen MR) is 81.4 cm³/mol. The predicted octanol–water partition coefficient (Wildman–Crippen LogP) is -0.276. The molecule has 0 spiro atoms. The molecule has 0 saturated heterocycles. The number of hydrogen-bond acceptors (Lipinski definition) is 6. The Morgan fingerprint density at radius 1 is 1.36 bits per heavy atom. The van der Waals surface area contributed by atoms with Crippen LogP contribution < -0.4 is 15.8 Å². The van der Waals surface area contributed by atoms with Crippen molar-refractivity contribution in [2.24, 2.45) is 0 Å². The van der Waals surface area contributed by atoms with E-state index in [0.29, 0.717) is 5.82 Å². The van der Waals surface area contributed by atoms with Gasteiger partial charge in [-0.2, -0.15) is 5.10 Å². The first-order valence-electron chi connectivity index (χ1n) is 6.76. The SMILES string of the molecule is Cc1cc(N(C)C)nc(CNC(=O)Cn2ncccc2=O)n1. The number of amides is 1. The Bertz CT molecular complexity index is 725. The highest BCUT2D eigenvalue weighted by Gasteiger charge is 2.08. The van der Waals surface area contributed by atoms with Gasteiger partial charge in [0.05, 0.1) is 6.54 Å². The third-order valence-electron chi connectivity index (χ3n) is 2.87. The maximum Gasteiger partial charge on any atom is 0.267 e. The first-order chi connectivity index (χ1) is 10.5. The summed E-state index contributed by atoms with van der Waals surface area (Å²) in [5.41, 5.74) is 0.503. The molecule has 116 valence electrons. The van der Waals surface area contributed by atoms with Crippen LogP contribution in [0.3, 0.4) is 0 Å². The molecule has 8 nitrogen and oxygen atoms in total. The average Bonchev–Trinajstić information content (AvgIpc) is 2.47. The van der Waals surface area contributed by atoms with Crippen LogP contribution in [0.4, 0.5) is 5.82 Å². The zero-order valence-electron chi connectivity index (χ0n) is 12.8. The van der Waals surface area contributed by atoms with Crippen LogP contribution in [0, 0.1) is 6.92 Å². The van der Waals surface area contributed by atoms with E-state index >= 15 is 0 Å². The van der Waals surface area contributed by atoms with E-state index < -0.39 is 0 Å². The maximum atomic E-state index is 11.9. The Hall–Kier alpha value is -2.77. The van der Waals surface area contributed by atoms with Crippen LogP contribution in [0.2, 0.25) is 0 Å². The molecule has 1 N–H and O–H groups in total. The van der Waals surface area contributed by atoms with E-state index in [9.17, 15) is 9.59 Å². The van der Waals surface area contributed by atoms with Crippen molar-refractivity contribution in [2.45, 2.75) is 20.0 Å². The lowest BCUT2D eigenvalue weighted by molar-refractivity contribution is -0.122. The zero-order chi connectivity index (χ0) is 16.1. The van der Waals surface area contributed by atoms with Crippen molar-refractivity contribution in [3.63, 3.8) is 0 Å². The van der Waals surface area contributed by atoms with E-state index in [0.717, 1.165) is 16.2 Å². The molecule has 0 aliphatic carbocycles. The minimum atomic E-state index is -0.322. The number of aromatic nitrogens is 4. The van der Waals surface area contributed by atoms with Crippen LogP contribution in [-0.4, -0.2) is 39.8 Å². The number of rotatable bonds is 5. The van der Waals surface area contributed by atoms with Crippen molar-refractivity contribution in [1.29, 1.82) is 0 Å². The lowest BCUT2D eigenvalue weighted by Gasteiger charge is -2.13. The summed E-state index contributed by atoms with van der Waals surface area (Å²) in [5, 5.41) is 6.52. The summed E-state index contributed by atoms with van der Waals surface area (Å²) in [6, 6.07) is 4.74. The topological polar surface area (TPSA) is 93.0 Å². The van der Waals surface area contributed by atoms with E-state index in [2.05, 4.69) is 20.4 Å². The quantitative estimate of drug-likeness (QED) is 0.817. The molecule has 0 saturated carbocycles.